The second-order valence-electron chi connectivity index (χ2n) is 5.25. The number of nitrogens with one attached hydrogen (secondary N) is 1. The molecule has 0 saturated carbocycles. The van der Waals surface area contributed by atoms with Gasteiger partial charge >= 0.3 is 0 Å². The third-order valence-electron chi connectivity index (χ3n) is 2.85. The van der Waals surface area contributed by atoms with Gasteiger partial charge < -0.3 is 5.73 Å². The van der Waals surface area contributed by atoms with Gasteiger partial charge in [-0.3, -0.25) is 0 Å². The van der Waals surface area contributed by atoms with Gasteiger partial charge in [0.2, 0.25) is 10.0 Å². The van der Waals surface area contributed by atoms with Crippen molar-refractivity contribution in [1.29, 1.82) is 0 Å². The van der Waals surface area contributed by atoms with Gasteiger partial charge in [0, 0.05) is 12.1 Å². The Morgan fingerprint density at radius 2 is 2.10 bits per heavy atom. The summed E-state index contributed by atoms with van der Waals surface area (Å²) < 4.78 is 26.5. The first kappa shape index (κ1) is 17.1. The number of hydrogen-bond donors (Lipinski definition) is 2. The molecule has 0 heterocycles. The van der Waals surface area contributed by atoms with E-state index in [0.29, 0.717) is 23.6 Å². The van der Waals surface area contributed by atoms with E-state index >= 15 is 0 Å². The third-order valence-corrected chi connectivity index (χ3v) is 4.44. The Morgan fingerprint density at radius 1 is 1.40 bits per heavy atom. The van der Waals surface area contributed by atoms with Gasteiger partial charge in [-0.05, 0) is 30.4 Å². The number of nitrogens with two attached hydrogens (primary N) is 1. The molecule has 20 heavy (non-hydrogen) atoms. The Morgan fingerprint density at radius 3 is 2.70 bits per heavy atom. The predicted molar refractivity (Wildman–Crippen MR) is 87.0 cm³/mol. The van der Waals surface area contributed by atoms with Crippen LogP contribution < -0.4 is 10.5 Å². The van der Waals surface area contributed by atoms with Gasteiger partial charge in [-0.2, -0.15) is 0 Å². The molecule has 0 fully saturated rings. The average Bonchev–Trinajstić information content (AvgIpc) is 2.34. The van der Waals surface area contributed by atoms with Crippen LogP contribution in [0, 0.1) is 5.92 Å². The zero-order chi connectivity index (χ0) is 15.2. The highest BCUT2D eigenvalue weighted by molar-refractivity contribution is 7.88. The van der Waals surface area contributed by atoms with Crippen LogP contribution in [0.25, 0.3) is 0 Å². The molecule has 0 aliphatic heterocycles. The van der Waals surface area contributed by atoms with E-state index in [0.717, 1.165) is 12.8 Å². The molecule has 0 aliphatic carbocycles. The van der Waals surface area contributed by atoms with Crippen LogP contribution in [0.5, 0.6) is 0 Å². The van der Waals surface area contributed by atoms with Crippen LogP contribution in [-0.4, -0.2) is 20.0 Å². The largest absolute Gasteiger partial charge is 0.389 e. The van der Waals surface area contributed by atoms with E-state index in [1.54, 1.807) is 24.3 Å². The predicted octanol–water partition coefficient (Wildman–Crippen LogP) is 2.18. The zero-order valence-corrected chi connectivity index (χ0v) is 13.6. The minimum atomic E-state index is -3.31. The zero-order valence-electron chi connectivity index (χ0n) is 11.9. The van der Waals surface area contributed by atoms with E-state index in [1.807, 2.05) is 0 Å². The van der Waals surface area contributed by atoms with E-state index in [-0.39, 0.29) is 10.7 Å². The first-order valence-electron chi connectivity index (χ1n) is 6.66. The minimum absolute atomic E-state index is 0.0505. The second kappa shape index (κ2) is 7.71. The molecule has 0 amide bonds. The molecule has 0 bridgehead atoms. The molecule has 4 nitrogen and oxygen atoms in total. The first-order valence-corrected chi connectivity index (χ1v) is 8.72. The average molecular weight is 314 g/mol. The maximum absolute atomic E-state index is 12.0. The summed E-state index contributed by atoms with van der Waals surface area (Å²) in [6.07, 6.45) is 1.86. The molecule has 112 valence electrons. The van der Waals surface area contributed by atoms with Crippen molar-refractivity contribution >= 4 is 27.2 Å². The third kappa shape index (κ3) is 6.45. The topological polar surface area (TPSA) is 72.2 Å². The molecular formula is C14H22N2O2S2. The highest BCUT2D eigenvalue weighted by atomic mass is 32.2. The highest BCUT2D eigenvalue weighted by Crippen LogP contribution is 2.09. The fourth-order valence-electron chi connectivity index (χ4n) is 1.82. The van der Waals surface area contributed by atoms with Gasteiger partial charge in [0.15, 0.2) is 0 Å². The van der Waals surface area contributed by atoms with Crippen molar-refractivity contribution in [1.82, 2.24) is 4.72 Å². The molecule has 0 atom stereocenters. The van der Waals surface area contributed by atoms with Crippen LogP contribution in [0.1, 0.15) is 37.8 Å². The van der Waals surface area contributed by atoms with Crippen molar-refractivity contribution in [2.45, 2.75) is 32.4 Å². The van der Waals surface area contributed by atoms with Crippen molar-refractivity contribution in [3.05, 3.63) is 35.4 Å². The molecular weight excluding hydrogens is 292 g/mol. The fraction of sp³-hybridized carbons (Fsp3) is 0.500. The molecule has 0 aromatic heterocycles. The molecule has 1 aromatic rings. The summed E-state index contributed by atoms with van der Waals surface area (Å²) in [6, 6.07) is 7.01. The van der Waals surface area contributed by atoms with E-state index in [2.05, 4.69) is 18.6 Å². The molecule has 0 aliphatic rings. The van der Waals surface area contributed by atoms with Crippen LogP contribution in [0.4, 0.5) is 0 Å². The Labute approximate surface area is 126 Å². The Kier molecular flexibility index (Phi) is 6.58. The lowest BCUT2D eigenvalue weighted by molar-refractivity contribution is 0.539. The summed E-state index contributed by atoms with van der Waals surface area (Å²) in [5, 5.41) is 0. The van der Waals surface area contributed by atoms with Gasteiger partial charge in [-0.15, -0.1) is 0 Å². The second-order valence-corrected chi connectivity index (χ2v) is 7.50. The lowest BCUT2D eigenvalue weighted by Gasteiger charge is -2.09. The minimum Gasteiger partial charge on any atom is -0.389 e. The maximum atomic E-state index is 12.0. The van der Waals surface area contributed by atoms with E-state index in [1.165, 1.54) is 0 Å². The monoisotopic (exact) mass is 314 g/mol. The Balaban J connectivity index is 2.57. The van der Waals surface area contributed by atoms with Crippen molar-refractivity contribution in [2.75, 3.05) is 6.54 Å². The first-order chi connectivity index (χ1) is 9.30. The van der Waals surface area contributed by atoms with Gasteiger partial charge in [0.05, 0.1) is 5.75 Å². The summed E-state index contributed by atoms with van der Waals surface area (Å²) in [7, 11) is -3.31. The van der Waals surface area contributed by atoms with Crippen LogP contribution in [0.3, 0.4) is 0 Å². The maximum Gasteiger partial charge on any atom is 0.215 e. The van der Waals surface area contributed by atoms with E-state index in [4.69, 9.17) is 18.0 Å². The van der Waals surface area contributed by atoms with E-state index < -0.39 is 10.0 Å². The lowest BCUT2D eigenvalue weighted by atomic mass is 10.1. The van der Waals surface area contributed by atoms with Crippen molar-refractivity contribution in [2.24, 2.45) is 11.7 Å². The highest BCUT2D eigenvalue weighted by Gasteiger charge is 2.11. The van der Waals surface area contributed by atoms with Crippen LogP contribution in [0.15, 0.2) is 24.3 Å². The van der Waals surface area contributed by atoms with Crippen molar-refractivity contribution in [3.8, 4) is 0 Å². The number of sulfonamides is 1. The molecule has 6 heteroatoms. The van der Waals surface area contributed by atoms with Crippen LogP contribution in [-0.2, 0) is 15.8 Å². The number of hydrogen-bond acceptors (Lipinski definition) is 3. The summed E-state index contributed by atoms with van der Waals surface area (Å²) in [5.74, 6) is 0.534. The lowest BCUT2D eigenvalue weighted by Crippen LogP contribution is -2.26. The standard InChI is InChI=1S/C14H22N2O2S2/c1-11(2)5-4-8-16-20(17,18)10-12-6-3-7-13(9-12)14(15)19/h3,6-7,9,11,16H,4-5,8,10H2,1-2H3,(H2,15,19). The van der Waals surface area contributed by atoms with Crippen molar-refractivity contribution < 1.29 is 8.42 Å². The van der Waals surface area contributed by atoms with E-state index in [9.17, 15) is 8.42 Å². The number of thiocarbonyl (C=S) groups is 1. The van der Waals surface area contributed by atoms with Crippen molar-refractivity contribution in [3.63, 3.8) is 0 Å². The molecule has 0 saturated heterocycles. The Bertz CT molecular complexity index is 554. The normalized spacial score (nSPS) is 11.8. The van der Waals surface area contributed by atoms with Gasteiger partial charge in [0.25, 0.3) is 0 Å². The summed E-state index contributed by atoms with van der Waals surface area (Å²) in [5.41, 5.74) is 6.91. The SMILES string of the molecule is CC(C)CCCNS(=O)(=O)Cc1cccc(C(N)=S)c1. The molecule has 0 spiro atoms. The molecule has 0 radical (unpaired) electrons. The molecule has 3 N–H and O–H groups in total. The fourth-order valence-corrected chi connectivity index (χ4v) is 3.13. The number of benzene rings is 1. The van der Waals surface area contributed by atoms with Crippen LogP contribution in [0.2, 0.25) is 0 Å². The molecule has 1 rings (SSSR count). The summed E-state index contributed by atoms with van der Waals surface area (Å²) >= 11 is 4.89. The van der Waals surface area contributed by atoms with Gasteiger partial charge in [0.1, 0.15) is 4.99 Å². The van der Waals surface area contributed by atoms with Crippen LogP contribution >= 0.6 is 12.2 Å². The molecule has 1 aromatic carbocycles. The Hall–Kier alpha value is -0.980. The summed E-state index contributed by atoms with van der Waals surface area (Å²) in [6.45, 7) is 4.72. The number of rotatable bonds is 8. The molecule has 0 unspecified atom stereocenters. The quantitative estimate of drug-likeness (QED) is 0.570. The smallest absolute Gasteiger partial charge is 0.215 e. The van der Waals surface area contributed by atoms with Gasteiger partial charge in [-0.25, -0.2) is 13.1 Å². The van der Waals surface area contributed by atoms with Gasteiger partial charge in [-0.1, -0.05) is 44.3 Å². The summed E-state index contributed by atoms with van der Waals surface area (Å²) in [4.78, 5) is 0.272.